The largest absolute Gasteiger partial charge is 0.455 e. The van der Waals surface area contributed by atoms with E-state index in [1.807, 2.05) is 56.3 Å². The second-order valence-corrected chi connectivity index (χ2v) is 13.9. The van der Waals surface area contributed by atoms with Crippen LogP contribution in [0.3, 0.4) is 0 Å². The van der Waals surface area contributed by atoms with E-state index in [-0.39, 0.29) is 43.8 Å². The number of carbonyl (C=O) groups is 4. The van der Waals surface area contributed by atoms with E-state index in [1.54, 1.807) is 35.1 Å². The molecule has 5 rings (SSSR count). The van der Waals surface area contributed by atoms with Crippen LogP contribution in [0, 0.1) is 18.8 Å². The molecule has 0 aliphatic carbocycles. The number of para-hydroxylation sites is 1. The van der Waals surface area contributed by atoms with Gasteiger partial charge in [-0.15, -0.1) is 13.2 Å². The predicted octanol–water partition coefficient (Wildman–Crippen LogP) is 5.41. The highest BCUT2D eigenvalue weighted by Crippen LogP contribution is 2.59. The highest BCUT2D eigenvalue weighted by atomic mass is 35.5. The van der Waals surface area contributed by atoms with Crippen molar-refractivity contribution < 1.29 is 33.8 Å². The summed E-state index contributed by atoms with van der Waals surface area (Å²) >= 11 is 6.66. The van der Waals surface area contributed by atoms with Gasteiger partial charge in [-0.2, -0.15) is 0 Å². The van der Waals surface area contributed by atoms with Gasteiger partial charge in [-0.05, 0) is 63.1 Å². The molecule has 1 N–H and O–H groups in total. The van der Waals surface area contributed by atoms with E-state index in [2.05, 4.69) is 13.2 Å². The van der Waals surface area contributed by atoms with Gasteiger partial charge in [0.25, 0.3) is 5.91 Å². The fourth-order valence-electron chi connectivity index (χ4n) is 7.99. The van der Waals surface area contributed by atoms with Crippen molar-refractivity contribution in [2.45, 2.75) is 82.3 Å². The number of aryl methyl sites for hydroxylation is 1. The number of unbranched alkanes of at least 4 members (excludes halogenated alkanes) is 1. The van der Waals surface area contributed by atoms with Crippen molar-refractivity contribution in [2.24, 2.45) is 11.8 Å². The molecule has 3 aliphatic heterocycles. The summed E-state index contributed by atoms with van der Waals surface area (Å²) in [4.78, 5) is 61.5. The van der Waals surface area contributed by atoms with Gasteiger partial charge in [-0.3, -0.25) is 19.2 Å². The lowest BCUT2D eigenvalue weighted by Crippen LogP contribution is -2.56. The number of hydrogen-bond acceptors (Lipinski definition) is 7. The number of aliphatic hydroxyl groups excluding tert-OH is 1. The van der Waals surface area contributed by atoms with Crippen molar-refractivity contribution >= 4 is 41.0 Å². The molecule has 3 saturated heterocycles. The molecule has 1 spiro atoms. The van der Waals surface area contributed by atoms with Crippen molar-refractivity contribution in [2.75, 3.05) is 31.6 Å². The van der Waals surface area contributed by atoms with Crippen molar-refractivity contribution in [3.05, 3.63) is 90.0 Å². The summed E-state index contributed by atoms with van der Waals surface area (Å²) in [6, 6.07) is 13.1. The molecule has 50 heavy (non-hydrogen) atoms. The number of ether oxygens (including phenoxy) is 2. The molecule has 2 aromatic rings. The maximum Gasteiger partial charge on any atom is 0.313 e. The molecule has 7 atom stereocenters. The number of carbonyl (C=O) groups excluding carboxylic acids is 4. The summed E-state index contributed by atoms with van der Waals surface area (Å²) in [5, 5.41) is 9.93. The minimum atomic E-state index is -1.26. The smallest absolute Gasteiger partial charge is 0.313 e. The molecule has 268 valence electrons. The minimum absolute atomic E-state index is 0.0618. The Bertz CT molecular complexity index is 1580. The van der Waals surface area contributed by atoms with Crippen LogP contribution in [0.5, 0.6) is 0 Å². The number of esters is 1. The van der Waals surface area contributed by atoms with Gasteiger partial charge in [0, 0.05) is 33.2 Å². The predicted molar refractivity (Wildman–Crippen MR) is 191 cm³/mol. The first-order chi connectivity index (χ1) is 24.0. The number of amides is 3. The average molecular weight is 706 g/mol. The van der Waals surface area contributed by atoms with Crippen molar-refractivity contribution in [1.82, 2.24) is 9.80 Å². The van der Waals surface area contributed by atoms with Gasteiger partial charge in [0.05, 0.1) is 34.7 Å². The summed E-state index contributed by atoms with van der Waals surface area (Å²) in [6.07, 6.45) is 4.42. The highest BCUT2D eigenvalue weighted by molar-refractivity contribution is 6.34. The third-order valence-corrected chi connectivity index (χ3v) is 10.8. The molecule has 3 fully saturated rings. The zero-order valence-corrected chi connectivity index (χ0v) is 29.9. The Labute approximate surface area is 299 Å². The zero-order chi connectivity index (χ0) is 36.2. The van der Waals surface area contributed by atoms with E-state index in [9.17, 15) is 24.3 Å². The Hall–Kier alpha value is -3.99. The number of halogens is 1. The van der Waals surface area contributed by atoms with Crippen LogP contribution < -0.4 is 4.90 Å². The summed E-state index contributed by atoms with van der Waals surface area (Å²) < 4.78 is 13.0. The molecular formula is C39H48ClN3O7. The molecule has 10 nitrogen and oxygen atoms in total. The molecule has 2 bridgehead atoms. The van der Waals surface area contributed by atoms with Gasteiger partial charge >= 0.3 is 5.97 Å². The Morgan fingerprint density at radius 1 is 1.14 bits per heavy atom. The second kappa shape index (κ2) is 15.9. The molecule has 11 heteroatoms. The second-order valence-electron chi connectivity index (χ2n) is 13.5. The van der Waals surface area contributed by atoms with Crippen LogP contribution in [0.15, 0.2) is 73.8 Å². The number of hydrogen-bond donors (Lipinski definition) is 1. The number of nitrogens with zero attached hydrogens (tertiary/aromatic N) is 3. The lowest BCUT2D eigenvalue weighted by atomic mass is 9.70. The maximum atomic E-state index is 14.8. The number of likely N-dealkylation sites (N-methyl/N-ethyl adjacent to an activating group) is 1. The first-order valence-electron chi connectivity index (χ1n) is 17.4. The van der Waals surface area contributed by atoms with Crippen LogP contribution in [0.2, 0.25) is 5.02 Å². The quantitative estimate of drug-likeness (QED) is 0.141. The summed E-state index contributed by atoms with van der Waals surface area (Å²) in [5.41, 5.74) is 0.755. The van der Waals surface area contributed by atoms with Crippen LogP contribution in [-0.4, -0.2) is 89.1 Å². The number of benzene rings is 2. The SMILES string of the molecule is C=CCCC(=O)N(C)[C@@H](C)[C@@H](OC(=O)[C@@H]1[C@@H]2CC[C@]3(O2)[C@H](C(=O)N(CC=C)c2c(C)cccc2Cl)N(CCCCO)C(=O)[C@@H]13)c1ccccc1. The van der Waals surface area contributed by atoms with Crippen molar-refractivity contribution in [3.8, 4) is 0 Å². The van der Waals surface area contributed by atoms with Crippen LogP contribution in [0.1, 0.15) is 62.7 Å². The molecule has 0 aromatic heterocycles. The summed E-state index contributed by atoms with van der Waals surface area (Å²) in [7, 11) is 1.69. The number of fused-ring (bicyclic) bond motifs is 1. The van der Waals surface area contributed by atoms with E-state index >= 15 is 0 Å². The van der Waals surface area contributed by atoms with Crippen LogP contribution in [0.4, 0.5) is 5.69 Å². The number of rotatable bonds is 16. The number of anilines is 1. The van der Waals surface area contributed by atoms with Crippen LogP contribution >= 0.6 is 11.6 Å². The van der Waals surface area contributed by atoms with Gasteiger partial charge in [0.2, 0.25) is 11.8 Å². The Morgan fingerprint density at radius 2 is 1.88 bits per heavy atom. The van der Waals surface area contributed by atoms with E-state index in [0.717, 1.165) is 5.56 Å². The molecule has 0 radical (unpaired) electrons. The van der Waals surface area contributed by atoms with E-state index in [4.69, 9.17) is 21.1 Å². The van der Waals surface area contributed by atoms with Crippen LogP contribution in [0.25, 0.3) is 0 Å². The lowest BCUT2D eigenvalue weighted by molar-refractivity contribution is -0.164. The highest BCUT2D eigenvalue weighted by Gasteiger charge is 2.75. The van der Waals surface area contributed by atoms with E-state index in [1.165, 1.54) is 4.90 Å². The number of allylic oxidation sites excluding steroid dienone is 1. The van der Waals surface area contributed by atoms with Gasteiger partial charge < -0.3 is 29.3 Å². The molecule has 0 saturated carbocycles. The first-order valence-corrected chi connectivity index (χ1v) is 17.8. The molecule has 3 aliphatic rings. The molecule has 0 unspecified atom stereocenters. The van der Waals surface area contributed by atoms with Crippen molar-refractivity contribution in [1.29, 1.82) is 0 Å². The fourth-order valence-corrected chi connectivity index (χ4v) is 8.32. The molecule has 3 heterocycles. The monoisotopic (exact) mass is 705 g/mol. The summed E-state index contributed by atoms with van der Waals surface area (Å²) in [6.45, 7) is 11.6. The molecule has 2 aromatic carbocycles. The maximum absolute atomic E-state index is 14.8. The van der Waals surface area contributed by atoms with Crippen molar-refractivity contribution in [3.63, 3.8) is 0 Å². The van der Waals surface area contributed by atoms with Crippen LogP contribution in [-0.2, 0) is 28.7 Å². The third-order valence-electron chi connectivity index (χ3n) is 10.5. The standard InChI is InChI=1S/C39H48ClN3O7/c1-6-8-19-30(45)41(5)26(4)34(27-16-10-9-11-17-27)49-38(48)31-29-20-21-39(50-29)32(31)36(46)43(23-12-13-24-44)35(39)37(47)42(22-7-2)33-25(3)15-14-18-28(33)40/h6-7,9-11,14-18,26,29,31-32,34-35,44H,1-2,8,12-13,19-24H2,3-5H3/t26-,29-,31+,32+,34+,35-,39+/m0/s1. The Morgan fingerprint density at radius 3 is 2.54 bits per heavy atom. The summed E-state index contributed by atoms with van der Waals surface area (Å²) in [5.74, 6) is -3.33. The number of likely N-dealkylation sites (tertiary alicyclic amines) is 1. The Kier molecular flexibility index (Phi) is 11.9. The first kappa shape index (κ1) is 37.3. The topological polar surface area (TPSA) is 117 Å². The Balaban J connectivity index is 1.50. The van der Waals surface area contributed by atoms with Gasteiger partial charge in [0.15, 0.2) is 0 Å². The van der Waals surface area contributed by atoms with Gasteiger partial charge in [0.1, 0.15) is 17.7 Å². The normalized spacial score (nSPS) is 24.7. The lowest BCUT2D eigenvalue weighted by Gasteiger charge is -2.37. The van der Waals surface area contributed by atoms with E-state index < -0.39 is 47.7 Å². The van der Waals surface area contributed by atoms with Gasteiger partial charge in [-0.25, -0.2) is 0 Å². The zero-order valence-electron chi connectivity index (χ0n) is 29.1. The van der Waals surface area contributed by atoms with Gasteiger partial charge in [-0.1, -0.05) is 66.2 Å². The number of aliphatic hydroxyl groups is 1. The molecule has 3 amide bonds. The van der Waals surface area contributed by atoms with E-state index in [0.29, 0.717) is 48.4 Å². The third kappa shape index (κ3) is 6.85. The minimum Gasteiger partial charge on any atom is -0.455 e. The average Bonchev–Trinajstić information content (AvgIpc) is 3.76. The fraction of sp³-hybridized carbons (Fsp3) is 0.487. The molecular weight excluding hydrogens is 658 g/mol.